The van der Waals surface area contributed by atoms with Gasteiger partial charge in [0.15, 0.2) is 0 Å². The first-order valence-electron chi connectivity index (χ1n) is 8.14. The third kappa shape index (κ3) is 4.15. The molecule has 2 heterocycles. The van der Waals surface area contributed by atoms with E-state index >= 15 is 0 Å². The molecule has 3 aromatic rings. The maximum Gasteiger partial charge on any atom is 0.250 e. The van der Waals surface area contributed by atoms with Crippen LogP contribution in [0, 0.1) is 0 Å². The maximum atomic E-state index is 12.7. The van der Waals surface area contributed by atoms with Crippen LogP contribution >= 0.6 is 22.7 Å². The Kier molecular flexibility index (Phi) is 5.76. The van der Waals surface area contributed by atoms with Crippen molar-refractivity contribution in [2.75, 3.05) is 7.11 Å². The van der Waals surface area contributed by atoms with Gasteiger partial charge in [0.05, 0.1) is 17.7 Å². The molecule has 3 rings (SSSR count). The van der Waals surface area contributed by atoms with E-state index in [0.29, 0.717) is 4.21 Å². The number of sulfonamides is 1. The monoisotopic (exact) mass is 408 g/mol. The highest BCUT2D eigenvalue weighted by Crippen LogP contribution is 2.33. The van der Waals surface area contributed by atoms with E-state index < -0.39 is 10.0 Å². The molecule has 0 aliphatic carbocycles. The first-order chi connectivity index (χ1) is 12.4. The molecule has 2 aromatic heterocycles. The summed E-state index contributed by atoms with van der Waals surface area (Å²) in [6.45, 7) is 3.87. The number of thiazole rings is 1. The number of ether oxygens (including phenoxy) is 1. The summed E-state index contributed by atoms with van der Waals surface area (Å²) in [5, 5.41) is 2.87. The van der Waals surface area contributed by atoms with Crippen molar-refractivity contribution in [1.29, 1.82) is 0 Å². The zero-order valence-electron chi connectivity index (χ0n) is 14.7. The van der Waals surface area contributed by atoms with Gasteiger partial charge < -0.3 is 4.74 Å². The molecule has 0 amide bonds. The molecule has 0 aliphatic rings. The average molecular weight is 409 g/mol. The second kappa shape index (κ2) is 7.87. The quantitative estimate of drug-likeness (QED) is 0.626. The Morgan fingerprint density at radius 2 is 1.92 bits per heavy atom. The van der Waals surface area contributed by atoms with Crippen LogP contribution in [0.25, 0.3) is 9.88 Å². The van der Waals surface area contributed by atoms with Crippen molar-refractivity contribution in [3.05, 3.63) is 53.0 Å². The number of nitrogens with zero attached hydrogens (tertiary/aromatic N) is 1. The molecule has 0 radical (unpaired) electrons. The zero-order valence-corrected chi connectivity index (χ0v) is 17.2. The average Bonchev–Trinajstić information content (AvgIpc) is 3.30. The smallest absolute Gasteiger partial charge is 0.250 e. The van der Waals surface area contributed by atoms with Crippen LogP contribution in [0.4, 0.5) is 0 Å². The van der Waals surface area contributed by atoms with Gasteiger partial charge in [0.25, 0.3) is 10.0 Å². The number of rotatable bonds is 7. The summed E-state index contributed by atoms with van der Waals surface area (Å²) in [7, 11) is -2.00. The van der Waals surface area contributed by atoms with E-state index in [0.717, 1.165) is 33.3 Å². The van der Waals surface area contributed by atoms with Crippen molar-refractivity contribution < 1.29 is 13.2 Å². The molecule has 1 atom stereocenters. The second-order valence-electron chi connectivity index (χ2n) is 5.73. The summed E-state index contributed by atoms with van der Waals surface area (Å²) in [4.78, 5) is 5.39. The SMILES string of the molecule is CCc1csc(-c2ccc(S(=O)(=O)N[C@H](C)c3ccc(OC)cc3)s2)n1. The van der Waals surface area contributed by atoms with Crippen molar-refractivity contribution in [2.45, 2.75) is 30.5 Å². The third-order valence-electron chi connectivity index (χ3n) is 3.92. The Morgan fingerprint density at radius 3 is 2.54 bits per heavy atom. The molecule has 0 spiro atoms. The topological polar surface area (TPSA) is 68.3 Å². The van der Waals surface area contributed by atoms with E-state index in [9.17, 15) is 8.42 Å². The van der Waals surface area contributed by atoms with Crippen LogP contribution < -0.4 is 9.46 Å². The highest BCUT2D eigenvalue weighted by atomic mass is 32.2. The lowest BCUT2D eigenvalue weighted by molar-refractivity contribution is 0.414. The van der Waals surface area contributed by atoms with Gasteiger partial charge in [-0.25, -0.2) is 18.1 Å². The molecule has 0 saturated carbocycles. The summed E-state index contributed by atoms with van der Waals surface area (Å²) in [6, 6.07) is 10.4. The van der Waals surface area contributed by atoms with Crippen molar-refractivity contribution >= 4 is 32.7 Å². The largest absolute Gasteiger partial charge is 0.497 e. The fraction of sp³-hybridized carbons (Fsp3) is 0.278. The lowest BCUT2D eigenvalue weighted by Gasteiger charge is -2.14. The summed E-state index contributed by atoms with van der Waals surface area (Å²) in [6.07, 6.45) is 0.869. The molecule has 0 unspecified atom stereocenters. The lowest BCUT2D eigenvalue weighted by atomic mass is 10.1. The first-order valence-corrected chi connectivity index (χ1v) is 11.3. The van der Waals surface area contributed by atoms with Gasteiger partial charge in [-0.3, -0.25) is 0 Å². The number of methoxy groups -OCH3 is 1. The molecule has 8 heteroatoms. The predicted octanol–water partition coefficient (Wildman–Crippen LogP) is 4.48. The highest BCUT2D eigenvalue weighted by molar-refractivity contribution is 7.91. The number of benzene rings is 1. The highest BCUT2D eigenvalue weighted by Gasteiger charge is 2.21. The number of aryl methyl sites for hydroxylation is 1. The van der Waals surface area contributed by atoms with E-state index in [1.165, 1.54) is 22.7 Å². The molecule has 5 nitrogen and oxygen atoms in total. The summed E-state index contributed by atoms with van der Waals surface area (Å²) in [5.74, 6) is 0.738. The Labute approximate surface area is 161 Å². The Morgan fingerprint density at radius 1 is 1.19 bits per heavy atom. The first kappa shape index (κ1) is 19.0. The number of hydrogen-bond donors (Lipinski definition) is 1. The maximum absolute atomic E-state index is 12.7. The molecule has 138 valence electrons. The van der Waals surface area contributed by atoms with Gasteiger partial charge in [0, 0.05) is 11.4 Å². The minimum Gasteiger partial charge on any atom is -0.497 e. The van der Waals surface area contributed by atoms with Crippen molar-refractivity contribution in [3.8, 4) is 15.6 Å². The van der Waals surface area contributed by atoms with Crippen LogP contribution in [0.15, 0.2) is 46.0 Å². The fourth-order valence-electron chi connectivity index (χ4n) is 2.41. The fourth-order valence-corrected chi connectivity index (χ4v) is 5.94. The van der Waals surface area contributed by atoms with Crippen LogP contribution in [-0.2, 0) is 16.4 Å². The molecular formula is C18H20N2O3S3. The minimum absolute atomic E-state index is 0.293. The van der Waals surface area contributed by atoms with Gasteiger partial charge >= 0.3 is 0 Å². The number of hydrogen-bond acceptors (Lipinski definition) is 6. The molecule has 0 saturated heterocycles. The molecule has 0 fully saturated rings. The molecule has 0 aliphatic heterocycles. The van der Waals surface area contributed by atoms with E-state index in [2.05, 4.69) is 9.71 Å². The standard InChI is InChI=1S/C18H20N2O3S3/c1-4-14-11-24-18(19-14)16-9-10-17(25-16)26(21,22)20-12(2)13-5-7-15(23-3)8-6-13/h5-12,20H,4H2,1-3H3/t12-/m1/s1. The lowest BCUT2D eigenvalue weighted by Crippen LogP contribution is -2.26. The zero-order chi connectivity index (χ0) is 18.7. The van der Waals surface area contributed by atoms with Gasteiger partial charge in [-0.1, -0.05) is 19.1 Å². The van der Waals surface area contributed by atoms with Crippen LogP contribution in [0.3, 0.4) is 0 Å². The third-order valence-corrected chi connectivity index (χ3v) is 8.10. The molecular weight excluding hydrogens is 388 g/mol. The van der Waals surface area contributed by atoms with Gasteiger partial charge in [0.1, 0.15) is 15.0 Å². The van der Waals surface area contributed by atoms with Crippen LogP contribution in [0.2, 0.25) is 0 Å². The summed E-state index contributed by atoms with van der Waals surface area (Å²) >= 11 is 2.78. The van der Waals surface area contributed by atoms with E-state index in [1.54, 1.807) is 13.2 Å². The van der Waals surface area contributed by atoms with Crippen molar-refractivity contribution in [3.63, 3.8) is 0 Å². The minimum atomic E-state index is -3.60. The van der Waals surface area contributed by atoms with Crippen LogP contribution in [-0.4, -0.2) is 20.5 Å². The van der Waals surface area contributed by atoms with Gasteiger partial charge in [-0.2, -0.15) is 0 Å². The molecule has 26 heavy (non-hydrogen) atoms. The van der Waals surface area contributed by atoms with Gasteiger partial charge in [-0.05, 0) is 43.2 Å². The Balaban J connectivity index is 1.77. The van der Waals surface area contributed by atoms with Gasteiger partial charge in [0.2, 0.25) is 0 Å². The molecule has 0 bridgehead atoms. The Bertz CT molecular complexity index is 975. The molecule has 1 N–H and O–H groups in total. The second-order valence-corrected chi connectivity index (χ2v) is 9.62. The van der Waals surface area contributed by atoms with E-state index in [-0.39, 0.29) is 6.04 Å². The molecule has 1 aromatic carbocycles. The number of thiophene rings is 1. The van der Waals surface area contributed by atoms with E-state index in [4.69, 9.17) is 4.74 Å². The van der Waals surface area contributed by atoms with Crippen LogP contribution in [0.5, 0.6) is 5.75 Å². The van der Waals surface area contributed by atoms with E-state index in [1.807, 2.05) is 49.6 Å². The van der Waals surface area contributed by atoms with Gasteiger partial charge in [-0.15, -0.1) is 22.7 Å². The number of aromatic nitrogens is 1. The van der Waals surface area contributed by atoms with Crippen LogP contribution in [0.1, 0.15) is 31.1 Å². The summed E-state index contributed by atoms with van der Waals surface area (Å²) < 4.78 is 33.6. The number of nitrogens with one attached hydrogen (secondary N) is 1. The summed E-state index contributed by atoms with van der Waals surface area (Å²) in [5.41, 5.74) is 1.90. The normalized spacial score (nSPS) is 12.9. The van der Waals surface area contributed by atoms with Crippen molar-refractivity contribution in [2.24, 2.45) is 0 Å². The Hall–Kier alpha value is -1.74. The van der Waals surface area contributed by atoms with Crippen molar-refractivity contribution in [1.82, 2.24) is 9.71 Å². The predicted molar refractivity (Wildman–Crippen MR) is 107 cm³/mol.